The predicted octanol–water partition coefficient (Wildman–Crippen LogP) is 0.323. The standard InChI is InChI=1S/C6H9BrN4O/c1-9-6-3(5(8)12)4(7)10-11(6)2/h9H,1-2H3,(H2,8,12). The van der Waals surface area contributed by atoms with E-state index in [1.165, 1.54) is 0 Å². The van der Waals surface area contributed by atoms with Gasteiger partial charge in [-0.25, -0.2) is 0 Å². The Labute approximate surface area is 78.1 Å². The van der Waals surface area contributed by atoms with Gasteiger partial charge in [0.15, 0.2) is 0 Å². The molecule has 0 unspecified atom stereocenters. The summed E-state index contributed by atoms with van der Waals surface area (Å²) in [7, 11) is 3.43. The van der Waals surface area contributed by atoms with E-state index >= 15 is 0 Å². The number of carbonyl (C=O) groups excluding carboxylic acids is 1. The van der Waals surface area contributed by atoms with Crippen LogP contribution >= 0.6 is 15.9 Å². The van der Waals surface area contributed by atoms with Crippen LogP contribution in [0.1, 0.15) is 10.4 Å². The SMILES string of the molecule is CNc1c(C(N)=O)c(Br)nn1C. The Morgan fingerprint density at radius 2 is 2.33 bits per heavy atom. The lowest BCUT2D eigenvalue weighted by Gasteiger charge is -2.00. The van der Waals surface area contributed by atoms with E-state index in [9.17, 15) is 4.79 Å². The number of aromatic nitrogens is 2. The van der Waals surface area contributed by atoms with Gasteiger partial charge in [-0.2, -0.15) is 5.10 Å². The molecule has 0 atom stereocenters. The first-order valence-electron chi connectivity index (χ1n) is 3.28. The fraction of sp³-hybridized carbons (Fsp3) is 0.333. The largest absolute Gasteiger partial charge is 0.373 e. The van der Waals surface area contributed by atoms with Crippen LogP contribution in [0.4, 0.5) is 5.82 Å². The number of primary amides is 1. The van der Waals surface area contributed by atoms with E-state index in [-0.39, 0.29) is 0 Å². The third-order valence-electron chi connectivity index (χ3n) is 1.49. The molecule has 0 saturated heterocycles. The summed E-state index contributed by atoms with van der Waals surface area (Å²) in [5, 5.41) is 6.81. The normalized spacial score (nSPS) is 9.92. The summed E-state index contributed by atoms with van der Waals surface area (Å²) in [5.74, 6) is 0.105. The second kappa shape index (κ2) is 3.14. The number of nitrogens with zero attached hydrogens (tertiary/aromatic N) is 2. The average Bonchev–Trinajstić information content (AvgIpc) is 2.24. The molecule has 1 rings (SSSR count). The minimum absolute atomic E-state index is 0.375. The van der Waals surface area contributed by atoms with Gasteiger partial charge in [0.25, 0.3) is 5.91 Å². The highest BCUT2D eigenvalue weighted by Crippen LogP contribution is 2.22. The van der Waals surface area contributed by atoms with Crippen molar-refractivity contribution < 1.29 is 4.79 Å². The van der Waals surface area contributed by atoms with Crippen LogP contribution in [0, 0.1) is 0 Å². The molecule has 1 aromatic heterocycles. The highest BCUT2D eigenvalue weighted by atomic mass is 79.9. The first-order chi connectivity index (χ1) is 5.57. The summed E-state index contributed by atoms with van der Waals surface area (Å²) in [5.41, 5.74) is 5.52. The molecule has 66 valence electrons. The summed E-state index contributed by atoms with van der Waals surface area (Å²) in [6, 6.07) is 0. The number of carbonyl (C=O) groups is 1. The molecule has 1 amide bonds. The molecule has 6 heteroatoms. The lowest BCUT2D eigenvalue weighted by Crippen LogP contribution is -2.13. The molecule has 1 aromatic rings. The molecule has 0 aromatic carbocycles. The van der Waals surface area contributed by atoms with Crippen LogP contribution in [0.3, 0.4) is 0 Å². The molecule has 0 radical (unpaired) electrons. The van der Waals surface area contributed by atoms with Crippen molar-refractivity contribution in [3.8, 4) is 0 Å². The fourth-order valence-electron chi connectivity index (χ4n) is 0.996. The van der Waals surface area contributed by atoms with Crippen molar-refractivity contribution >= 4 is 27.7 Å². The number of halogens is 1. The topological polar surface area (TPSA) is 72.9 Å². The van der Waals surface area contributed by atoms with Crippen LogP contribution in [0.2, 0.25) is 0 Å². The molecule has 0 bridgehead atoms. The fourth-order valence-corrected chi connectivity index (χ4v) is 1.62. The van der Waals surface area contributed by atoms with Gasteiger partial charge < -0.3 is 11.1 Å². The van der Waals surface area contributed by atoms with E-state index in [4.69, 9.17) is 5.73 Å². The first-order valence-corrected chi connectivity index (χ1v) is 4.07. The summed E-state index contributed by atoms with van der Waals surface area (Å²) >= 11 is 3.14. The zero-order chi connectivity index (χ0) is 9.30. The Morgan fingerprint density at radius 3 is 2.67 bits per heavy atom. The molecular formula is C6H9BrN4O. The molecule has 3 N–H and O–H groups in total. The molecule has 12 heavy (non-hydrogen) atoms. The average molecular weight is 233 g/mol. The molecular weight excluding hydrogens is 224 g/mol. The summed E-state index contributed by atoms with van der Waals surface area (Å²) in [6.07, 6.45) is 0. The van der Waals surface area contributed by atoms with Crippen molar-refractivity contribution in [2.24, 2.45) is 12.8 Å². The summed E-state index contributed by atoms with van der Waals surface area (Å²) in [4.78, 5) is 10.9. The first kappa shape index (κ1) is 9.05. The summed E-state index contributed by atoms with van der Waals surface area (Å²) < 4.78 is 2.01. The molecule has 5 nitrogen and oxygen atoms in total. The van der Waals surface area contributed by atoms with Gasteiger partial charge in [0, 0.05) is 14.1 Å². The van der Waals surface area contributed by atoms with Crippen molar-refractivity contribution in [3.63, 3.8) is 0 Å². The molecule has 0 spiro atoms. The zero-order valence-electron chi connectivity index (χ0n) is 6.76. The second-order valence-electron chi connectivity index (χ2n) is 2.25. The minimum atomic E-state index is -0.501. The maximum Gasteiger partial charge on any atom is 0.255 e. The minimum Gasteiger partial charge on any atom is -0.373 e. The zero-order valence-corrected chi connectivity index (χ0v) is 8.34. The van der Waals surface area contributed by atoms with Crippen molar-refractivity contribution in [1.29, 1.82) is 0 Å². The van der Waals surface area contributed by atoms with Crippen molar-refractivity contribution in [2.75, 3.05) is 12.4 Å². The highest BCUT2D eigenvalue weighted by Gasteiger charge is 2.17. The maximum atomic E-state index is 10.9. The Morgan fingerprint density at radius 1 is 1.75 bits per heavy atom. The van der Waals surface area contributed by atoms with E-state index in [1.54, 1.807) is 18.8 Å². The van der Waals surface area contributed by atoms with Gasteiger partial charge in [-0.1, -0.05) is 0 Å². The van der Waals surface area contributed by atoms with Crippen LogP contribution in [0.5, 0.6) is 0 Å². The van der Waals surface area contributed by atoms with Gasteiger partial charge in [0.05, 0.1) is 0 Å². The van der Waals surface area contributed by atoms with E-state index in [2.05, 4.69) is 26.3 Å². The third kappa shape index (κ3) is 1.29. The number of nitrogens with one attached hydrogen (secondary N) is 1. The number of anilines is 1. The molecule has 0 aliphatic rings. The number of nitrogens with two attached hydrogens (primary N) is 1. The van der Waals surface area contributed by atoms with Crippen LogP contribution in [-0.2, 0) is 7.05 Å². The van der Waals surface area contributed by atoms with Crippen LogP contribution in [-0.4, -0.2) is 22.7 Å². The Bertz CT molecular complexity index is 320. The molecule has 0 aliphatic heterocycles. The molecule has 0 saturated carbocycles. The van der Waals surface area contributed by atoms with Gasteiger partial charge >= 0.3 is 0 Å². The predicted molar refractivity (Wildman–Crippen MR) is 49.0 cm³/mol. The van der Waals surface area contributed by atoms with Crippen molar-refractivity contribution in [3.05, 3.63) is 10.2 Å². The maximum absolute atomic E-state index is 10.9. The Balaban J connectivity index is 3.32. The van der Waals surface area contributed by atoms with E-state index < -0.39 is 5.91 Å². The lowest BCUT2D eigenvalue weighted by molar-refractivity contribution is 0.100. The molecule has 1 heterocycles. The van der Waals surface area contributed by atoms with E-state index in [0.717, 1.165) is 0 Å². The van der Waals surface area contributed by atoms with Crippen molar-refractivity contribution in [2.45, 2.75) is 0 Å². The Kier molecular flexibility index (Phi) is 2.37. The van der Waals surface area contributed by atoms with Gasteiger partial charge in [-0.15, -0.1) is 0 Å². The van der Waals surface area contributed by atoms with Gasteiger partial charge in [0.2, 0.25) is 0 Å². The number of hydrogen-bond acceptors (Lipinski definition) is 3. The molecule has 0 aliphatic carbocycles. The second-order valence-corrected chi connectivity index (χ2v) is 3.00. The van der Waals surface area contributed by atoms with Gasteiger partial charge in [-0.3, -0.25) is 9.48 Å². The number of rotatable bonds is 2. The van der Waals surface area contributed by atoms with Crippen LogP contribution < -0.4 is 11.1 Å². The van der Waals surface area contributed by atoms with Gasteiger partial charge in [-0.05, 0) is 15.9 Å². The summed E-state index contributed by atoms with van der Waals surface area (Å²) in [6.45, 7) is 0. The Hall–Kier alpha value is -1.04. The van der Waals surface area contributed by atoms with E-state index in [1.807, 2.05) is 0 Å². The third-order valence-corrected chi connectivity index (χ3v) is 2.04. The quantitative estimate of drug-likeness (QED) is 0.772. The smallest absolute Gasteiger partial charge is 0.255 e. The van der Waals surface area contributed by atoms with Crippen LogP contribution in [0.15, 0.2) is 4.60 Å². The van der Waals surface area contributed by atoms with Crippen LogP contribution in [0.25, 0.3) is 0 Å². The van der Waals surface area contributed by atoms with Gasteiger partial charge in [0.1, 0.15) is 16.0 Å². The number of amides is 1. The van der Waals surface area contributed by atoms with E-state index in [0.29, 0.717) is 16.0 Å². The number of aryl methyl sites for hydroxylation is 1. The monoisotopic (exact) mass is 232 g/mol. The highest BCUT2D eigenvalue weighted by molar-refractivity contribution is 9.10. The van der Waals surface area contributed by atoms with Crippen molar-refractivity contribution in [1.82, 2.24) is 9.78 Å². The molecule has 0 fully saturated rings. The number of hydrogen-bond donors (Lipinski definition) is 2. The lowest BCUT2D eigenvalue weighted by atomic mass is 10.3.